The predicted molar refractivity (Wildman–Crippen MR) is 152 cm³/mol. The number of hydrogen-bond donors (Lipinski definition) is 1. The van der Waals surface area contributed by atoms with Gasteiger partial charge in [-0.25, -0.2) is 4.39 Å². The molecule has 0 spiro atoms. The van der Waals surface area contributed by atoms with E-state index in [-0.39, 0.29) is 18.1 Å². The van der Waals surface area contributed by atoms with E-state index in [4.69, 9.17) is 9.47 Å². The van der Waals surface area contributed by atoms with Crippen LogP contribution in [-0.2, 0) is 16.1 Å². The van der Waals surface area contributed by atoms with Gasteiger partial charge in [0.1, 0.15) is 35.6 Å². The van der Waals surface area contributed by atoms with Crippen LogP contribution < -0.4 is 19.7 Å². The molecular weight excluding hydrogens is 527 g/mol. The van der Waals surface area contributed by atoms with Crippen molar-refractivity contribution < 1.29 is 23.5 Å². The minimum absolute atomic E-state index is 0.222. The largest absolute Gasteiger partial charge is 0.494 e. The van der Waals surface area contributed by atoms with E-state index < -0.39 is 29.2 Å². The maximum atomic E-state index is 14.2. The molecule has 1 aromatic heterocycles. The Morgan fingerprint density at radius 2 is 1.59 bits per heavy atom. The first-order chi connectivity index (χ1) is 19.5. The van der Waals surface area contributed by atoms with Crippen molar-refractivity contribution >= 4 is 17.5 Å². The van der Waals surface area contributed by atoms with Crippen molar-refractivity contribution in [1.82, 2.24) is 25.5 Å². The van der Waals surface area contributed by atoms with Crippen molar-refractivity contribution in [3.8, 4) is 22.9 Å². The van der Waals surface area contributed by atoms with Gasteiger partial charge in [-0.3, -0.25) is 14.5 Å². The first-order valence-corrected chi connectivity index (χ1v) is 13.0. The summed E-state index contributed by atoms with van der Waals surface area (Å²) in [7, 11) is 2.95. The molecular formula is C30H33FN6O4. The number of aryl methyl sites for hydroxylation is 1. The molecule has 0 unspecified atom stereocenters. The van der Waals surface area contributed by atoms with Gasteiger partial charge < -0.3 is 14.8 Å². The number of tetrazole rings is 1. The zero-order valence-electron chi connectivity index (χ0n) is 23.9. The second kappa shape index (κ2) is 12.2. The highest BCUT2D eigenvalue weighted by Gasteiger charge is 2.38. The lowest BCUT2D eigenvalue weighted by Gasteiger charge is -2.35. The van der Waals surface area contributed by atoms with Crippen LogP contribution in [0.4, 0.5) is 10.1 Å². The highest BCUT2D eigenvalue weighted by Crippen LogP contribution is 2.42. The fraction of sp³-hybridized carbons (Fsp3) is 0.300. The van der Waals surface area contributed by atoms with Gasteiger partial charge in [-0.05, 0) is 74.9 Å². The third kappa shape index (κ3) is 6.86. The number of benzene rings is 3. The average molecular weight is 561 g/mol. The molecule has 1 atom stereocenters. The second-order valence-electron chi connectivity index (χ2n) is 10.5. The van der Waals surface area contributed by atoms with Crippen molar-refractivity contribution in [2.24, 2.45) is 0 Å². The average Bonchev–Trinajstić information content (AvgIpc) is 3.39. The lowest BCUT2D eigenvalue weighted by atomic mass is 9.99. The smallest absolute Gasteiger partial charge is 0.251 e. The van der Waals surface area contributed by atoms with Crippen molar-refractivity contribution in [2.75, 3.05) is 19.1 Å². The summed E-state index contributed by atoms with van der Waals surface area (Å²) in [5.74, 6) is -0.436. The Bertz CT molecular complexity index is 1490. The predicted octanol–water partition coefficient (Wildman–Crippen LogP) is 4.49. The van der Waals surface area contributed by atoms with E-state index >= 15 is 0 Å². The van der Waals surface area contributed by atoms with Crippen molar-refractivity contribution in [3.63, 3.8) is 0 Å². The van der Waals surface area contributed by atoms with Gasteiger partial charge in [-0.2, -0.15) is 4.80 Å². The quantitative estimate of drug-likeness (QED) is 0.321. The molecule has 3 aromatic carbocycles. The van der Waals surface area contributed by atoms with Gasteiger partial charge in [-0.1, -0.05) is 35.9 Å². The van der Waals surface area contributed by atoms with Gasteiger partial charge in [0.15, 0.2) is 0 Å². The number of anilines is 1. The number of ether oxygens (including phenoxy) is 2. The third-order valence-electron chi connectivity index (χ3n) is 6.14. The summed E-state index contributed by atoms with van der Waals surface area (Å²) in [5.41, 5.74) is 1.80. The van der Waals surface area contributed by atoms with Crippen molar-refractivity contribution in [1.29, 1.82) is 0 Å². The van der Waals surface area contributed by atoms with E-state index in [1.54, 1.807) is 18.2 Å². The molecule has 0 radical (unpaired) electrons. The number of hydrogen-bond acceptors (Lipinski definition) is 7. The second-order valence-corrected chi connectivity index (χ2v) is 10.5. The zero-order valence-corrected chi connectivity index (χ0v) is 23.9. The molecule has 10 nitrogen and oxygen atoms in total. The Hall–Kier alpha value is -4.80. The molecule has 1 heterocycles. The van der Waals surface area contributed by atoms with Crippen LogP contribution in [0.3, 0.4) is 0 Å². The normalized spacial score (nSPS) is 12.0. The number of methoxy groups -OCH3 is 2. The number of para-hydroxylation sites is 1. The number of rotatable bonds is 9. The van der Waals surface area contributed by atoms with Crippen LogP contribution >= 0.6 is 0 Å². The Kier molecular flexibility index (Phi) is 8.65. The molecule has 0 saturated heterocycles. The van der Waals surface area contributed by atoms with Gasteiger partial charge in [0, 0.05) is 11.1 Å². The molecule has 0 aliphatic rings. The topological polar surface area (TPSA) is 111 Å². The van der Waals surface area contributed by atoms with Crippen molar-refractivity contribution in [3.05, 3.63) is 83.7 Å². The minimum Gasteiger partial charge on any atom is -0.494 e. The number of nitrogens with zero attached hydrogens (tertiary/aromatic N) is 5. The number of carbonyl (C=O) groups is 2. The Labute approximate surface area is 238 Å². The summed E-state index contributed by atoms with van der Waals surface area (Å²) in [6.07, 6.45) is 0. The van der Waals surface area contributed by atoms with Crippen LogP contribution in [0.25, 0.3) is 11.4 Å². The molecule has 214 valence electrons. The van der Waals surface area contributed by atoms with E-state index in [9.17, 15) is 14.0 Å². The van der Waals surface area contributed by atoms with Crippen LogP contribution in [0.2, 0.25) is 0 Å². The van der Waals surface area contributed by atoms with E-state index in [0.717, 1.165) is 10.4 Å². The number of nitrogens with one attached hydrogen (secondary N) is 1. The van der Waals surface area contributed by atoms with E-state index in [1.807, 2.05) is 52.0 Å². The Morgan fingerprint density at radius 3 is 2.15 bits per heavy atom. The van der Waals surface area contributed by atoms with Gasteiger partial charge in [0.25, 0.3) is 5.91 Å². The molecule has 2 amide bonds. The molecule has 4 rings (SSSR count). The van der Waals surface area contributed by atoms with Crippen molar-refractivity contribution in [2.45, 2.75) is 45.8 Å². The zero-order chi connectivity index (χ0) is 29.7. The number of carbonyl (C=O) groups excluding carboxylic acids is 2. The Balaban J connectivity index is 1.84. The van der Waals surface area contributed by atoms with Crippen LogP contribution in [0.15, 0.2) is 66.7 Å². The molecule has 0 aliphatic heterocycles. The summed E-state index contributed by atoms with van der Waals surface area (Å²) in [5, 5.41) is 15.4. The van der Waals surface area contributed by atoms with Crippen LogP contribution in [0.5, 0.6) is 11.5 Å². The first-order valence-electron chi connectivity index (χ1n) is 13.0. The summed E-state index contributed by atoms with van der Waals surface area (Å²) in [6.45, 7) is 7.17. The molecule has 0 bridgehead atoms. The number of amides is 2. The summed E-state index contributed by atoms with van der Waals surface area (Å²) in [4.78, 5) is 30.7. The van der Waals surface area contributed by atoms with Crippen LogP contribution in [0.1, 0.15) is 37.9 Å². The fourth-order valence-corrected chi connectivity index (χ4v) is 4.29. The monoisotopic (exact) mass is 560 g/mol. The van der Waals surface area contributed by atoms with Crippen LogP contribution in [0, 0.1) is 12.7 Å². The first kappa shape index (κ1) is 29.2. The number of halogens is 1. The summed E-state index contributed by atoms with van der Waals surface area (Å²) in [6, 6.07) is 17.0. The van der Waals surface area contributed by atoms with Gasteiger partial charge in [0.05, 0.1) is 14.2 Å². The lowest BCUT2D eigenvalue weighted by Crippen LogP contribution is -2.50. The molecule has 11 heteroatoms. The van der Waals surface area contributed by atoms with Gasteiger partial charge in [0.2, 0.25) is 11.7 Å². The SMILES string of the molecule is COc1cccc(OC)c1N(C(=O)Cn1nnc(-c2ccc(F)cc2)n1)[C@@H](C(=O)NC(C)(C)C)c1ccc(C)cc1. The van der Waals surface area contributed by atoms with E-state index in [0.29, 0.717) is 22.6 Å². The van der Waals surface area contributed by atoms with Gasteiger partial charge >= 0.3 is 0 Å². The third-order valence-corrected chi connectivity index (χ3v) is 6.14. The number of aromatic nitrogens is 4. The van der Waals surface area contributed by atoms with Crippen LogP contribution in [-0.4, -0.2) is 51.8 Å². The van der Waals surface area contributed by atoms with E-state index in [1.165, 1.54) is 43.4 Å². The summed E-state index contributed by atoms with van der Waals surface area (Å²) < 4.78 is 24.7. The Morgan fingerprint density at radius 1 is 0.976 bits per heavy atom. The molecule has 1 N–H and O–H groups in total. The maximum absolute atomic E-state index is 14.2. The molecule has 41 heavy (non-hydrogen) atoms. The summed E-state index contributed by atoms with van der Waals surface area (Å²) >= 11 is 0. The van der Waals surface area contributed by atoms with Gasteiger partial charge in [-0.15, -0.1) is 10.2 Å². The fourth-order valence-electron chi connectivity index (χ4n) is 4.29. The highest BCUT2D eigenvalue weighted by atomic mass is 19.1. The lowest BCUT2D eigenvalue weighted by molar-refractivity contribution is -0.128. The maximum Gasteiger partial charge on any atom is 0.251 e. The molecule has 4 aromatic rings. The molecule has 0 aliphatic carbocycles. The highest BCUT2D eigenvalue weighted by molar-refractivity contribution is 6.03. The molecule has 0 fully saturated rings. The van der Waals surface area contributed by atoms with E-state index in [2.05, 4.69) is 20.7 Å². The minimum atomic E-state index is -1.10. The standard InChI is InChI=1S/C30H33FN6O4/c1-19-10-12-20(13-11-19)26(29(39)32-30(2,3)4)37(27-23(40-5)8-7-9-24(27)41-6)25(38)18-36-34-28(33-35-36)21-14-16-22(31)17-15-21/h7-17,26H,18H2,1-6H3,(H,32,39)/t26-/m1/s1. The molecule has 0 saturated carbocycles.